The highest BCUT2D eigenvalue weighted by molar-refractivity contribution is 6.05. The minimum Gasteiger partial charge on any atom is -0.465 e. The molecule has 0 spiro atoms. The number of rotatable bonds is 5. The smallest absolute Gasteiger partial charge is 0.338 e. The Hall–Kier alpha value is -3.41. The molecule has 0 aliphatic rings. The summed E-state index contributed by atoms with van der Waals surface area (Å²) in [5, 5.41) is 7.51. The van der Waals surface area contributed by atoms with Crippen molar-refractivity contribution in [3.8, 4) is 0 Å². The SMILES string of the molecule is COC(=O)c1ccccc1Cn1nc(C)c(NC(=O)c2cccc(C)c2)c1C. The number of esters is 1. The Morgan fingerprint density at radius 3 is 2.54 bits per heavy atom. The van der Waals surface area contributed by atoms with Crippen LogP contribution in [0.5, 0.6) is 0 Å². The van der Waals surface area contributed by atoms with Gasteiger partial charge >= 0.3 is 5.97 Å². The summed E-state index contributed by atoms with van der Waals surface area (Å²) in [6.45, 7) is 6.09. The van der Waals surface area contributed by atoms with E-state index >= 15 is 0 Å². The molecule has 0 saturated carbocycles. The summed E-state index contributed by atoms with van der Waals surface area (Å²) in [6, 6.07) is 14.7. The molecule has 2 aromatic carbocycles. The molecule has 1 amide bonds. The van der Waals surface area contributed by atoms with Gasteiger partial charge in [0.1, 0.15) is 0 Å². The number of aryl methyl sites for hydroxylation is 2. The Balaban J connectivity index is 1.87. The normalized spacial score (nSPS) is 10.6. The minimum atomic E-state index is -0.384. The fraction of sp³-hybridized carbons (Fsp3) is 0.227. The lowest BCUT2D eigenvalue weighted by Crippen LogP contribution is -2.14. The van der Waals surface area contributed by atoms with Crippen LogP contribution in [-0.2, 0) is 11.3 Å². The molecule has 1 aromatic heterocycles. The number of anilines is 1. The number of amides is 1. The van der Waals surface area contributed by atoms with E-state index in [1.54, 1.807) is 22.9 Å². The van der Waals surface area contributed by atoms with E-state index in [1.807, 2.05) is 51.1 Å². The van der Waals surface area contributed by atoms with E-state index < -0.39 is 0 Å². The van der Waals surface area contributed by atoms with E-state index in [0.29, 0.717) is 29.1 Å². The topological polar surface area (TPSA) is 73.2 Å². The highest BCUT2D eigenvalue weighted by Crippen LogP contribution is 2.22. The van der Waals surface area contributed by atoms with E-state index in [1.165, 1.54) is 7.11 Å². The van der Waals surface area contributed by atoms with Gasteiger partial charge < -0.3 is 10.1 Å². The van der Waals surface area contributed by atoms with Crippen LogP contribution >= 0.6 is 0 Å². The second-order valence-electron chi connectivity index (χ2n) is 6.68. The lowest BCUT2D eigenvalue weighted by Gasteiger charge is -2.10. The predicted octanol–water partition coefficient (Wildman–Crippen LogP) is 3.90. The number of benzene rings is 2. The van der Waals surface area contributed by atoms with Crippen molar-refractivity contribution in [3.63, 3.8) is 0 Å². The van der Waals surface area contributed by atoms with Gasteiger partial charge in [0.15, 0.2) is 0 Å². The van der Waals surface area contributed by atoms with Crippen molar-refractivity contribution in [1.82, 2.24) is 9.78 Å². The van der Waals surface area contributed by atoms with Crippen LogP contribution in [0.4, 0.5) is 5.69 Å². The maximum atomic E-state index is 12.6. The van der Waals surface area contributed by atoms with Gasteiger partial charge in [-0.15, -0.1) is 0 Å². The first kappa shape index (κ1) is 19.4. The zero-order chi connectivity index (χ0) is 20.3. The molecule has 144 valence electrons. The van der Waals surface area contributed by atoms with Crippen molar-refractivity contribution in [1.29, 1.82) is 0 Å². The van der Waals surface area contributed by atoms with Crippen LogP contribution in [-0.4, -0.2) is 28.8 Å². The van der Waals surface area contributed by atoms with Crippen molar-refractivity contribution >= 4 is 17.6 Å². The van der Waals surface area contributed by atoms with E-state index in [2.05, 4.69) is 10.4 Å². The van der Waals surface area contributed by atoms with E-state index in [9.17, 15) is 9.59 Å². The largest absolute Gasteiger partial charge is 0.465 e. The number of nitrogens with one attached hydrogen (secondary N) is 1. The first-order valence-electron chi connectivity index (χ1n) is 8.99. The molecular formula is C22H23N3O3. The van der Waals surface area contributed by atoms with Gasteiger partial charge in [0.2, 0.25) is 0 Å². The van der Waals surface area contributed by atoms with Crippen molar-refractivity contribution in [2.24, 2.45) is 0 Å². The van der Waals surface area contributed by atoms with Gasteiger partial charge in [-0.3, -0.25) is 9.48 Å². The lowest BCUT2D eigenvalue weighted by molar-refractivity contribution is 0.0599. The lowest BCUT2D eigenvalue weighted by atomic mass is 10.1. The average Bonchev–Trinajstić information content (AvgIpc) is 2.95. The van der Waals surface area contributed by atoms with E-state index in [-0.39, 0.29) is 11.9 Å². The number of carbonyl (C=O) groups is 2. The second-order valence-corrected chi connectivity index (χ2v) is 6.68. The molecule has 6 nitrogen and oxygen atoms in total. The summed E-state index contributed by atoms with van der Waals surface area (Å²) in [5.74, 6) is -0.561. The van der Waals surface area contributed by atoms with Gasteiger partial charge in [-0.1, -0.05) is 35.9 Å². The molecule has 3 rings (SSSR count). The third kappa shape index (κ3) is 3.96. The van der Waals surface area contributed by atoms with Gasteiger partial charge in [-0.25, -0.2) is 4.79 Å². The van der Waals surface area contributed by atoms with Gasteiger partial charge in [-0.2, -0.15) is 5.10 Å². The first-order chi connectivity index (χ1) is 13.4. The number of ether oxygens (including phenoxy) is 1. The summed E-state index contributed by atoms with van der Waals surface area (Å²) in [6.07, 6.45) is 0. The van der Waals surface area contributed by atoms with Crippen molar-refractivity contribution in [2.45, 2.75) is 27.3 Å². The standard InChI is InChI=1S/C22H23N3O3/c1-14-8-7-10-17(12-14)21(26)23-20-15(2)24-25(16(20)3)13-18-9-5-6-11-19(18)22(27)28-4/h5-12H,13H2,1-4H3,(H,23,26). The van der Waals surface area contributed by atoms with Crippen molar-refractivity contribution in [3.05, 3.63) is 82.2 Å². The third-order valence-corrected chi connectivity index (χ3v) is 4.64. The zero-order valence-electron chi connectivity index (χ0n) is 16.4. The van der Waals surface area contributed by atoms with E-state index in [0.717, 1.165) is 16.8 Å². The van der Waals surface area contributed by atoms with Crippen LogP contribution in [0.25, 0.3) is 0 Å². The first-order valence-corrected chi connectivity index (χ1v) is 8.99. The molecule has 0 radical (unpaired) electrons. The molecule has 1 heterocycles. The number of aromatic nitrogens is 2. The van der Waals surface area contributed by atoms with Gasteiger partial charge in [-0.05, 0) is 44.5 Å². The molecule has 0 bridgehead atoms. The zero-order valence-corrected chi connectivity index (χ0v) is 16.4. The molecule has 0 unspecified atom stereocenters. The Labute approximate surface area is 164 Å². The average molecular weight is 377 g/mol. The Morgan fingerprint density at radius 1 is 1.07 bits per heavy atom. The fourth-order valence-corrected chi connectivity index (χ4v) is 3.13. The summed E-state index contributed by atoms with van der Waals surface area (Å²) in [4.78, 5) is 24.6. The highest BCUT2D eigenvalue weighted by Gasteiger charge is 2.17. The van der Waals surface area contributed by atoms with E-state index in [4.69, 9.17) is 4.74 Å². The van der Waals surface area contributed by atoms with Crippen LogP contribution < -0.4 is 5.32 Å². The summed E-state index contributed by atoms with van der Waals surface area (Å²) in [5.41, 5.74) is 5.15. The number of nitrogens with zero attached hydrogens (tertiary/aromatic N) is 2. The quantitative estimate of drug-likeness (QED) is 0.685. The second kappa shape index (κ2) is 8.08. The number of hydrogen-bond acceptors (Lipinski definition) is 4. The summed E-state index contributed by atoms with van der Waals surface area (Å²) in [7, 11) is 1.36. The van der Waals surface area contributed by atoms with Gasteiger partial charge in [0.25, 0.3) is 5.91 Å². The molecular weight excluding hydrogens is 354 g/mol. The summed E-state index contributed by atoms with van der Waals surface area (Å²) < 4.78 is 6.64. The highest BCUT2D eigenvalue weighted by atomic mass is 16.5. The molecule has 1 N–H and O–H groups in total. The maximum Gasteiger partial charge on any atom is 0.338 e. The van der Waals surface area contributed by atoms with Crippen LogP contribution in [0.1, 0.15) is 43.2 Å². The number of hydrogen-bond donors (Lipinski definition) is 1. The Kier molecular flexibility index (Phi) is 5.59. The predicted molar refractivity (Wildman–Crippen MR) is 108 cm³/mol. The molecule has 28 heavy (non-hydrogen) atoms. The van der Waals surface area contributed by atoms with Crippen LogP contribution in [0.3, 0.4) is 0 Å². The monoisotopic (exact) mass is 377 g/mol. The van der Waals surface area contributed by atoms with Crippen molar-refractivity contribution < 1.29 is 14.3 Å². The van der Waals surface area contributed by atoms with Crippen LogP contribution in [0.15, 0.2) is 48.5 Å². The number of methoxy groups -OCH3 is 1. The molecule has 6 heteroatoms. The Bertz CT molecular complexity index is 1040. The Morgan fingerprint density at radius 2 is 1.82 bits per heavy atom. The third-order valence-electron chi connectivity index (χ3n) is 4.64. The van der Waals surface area contributed by atoms with Crippen LogP contribution in [0, 0.1) is 20.8 Å². The molecule has 0 aliphatic heterocycles. The molecule has 0 saturated heterocycles. The van der Waals surface area contributed by atoms with Gasteiger partial charge in [0.05, 0.1) is 36.3 Å². The van der Waals surface area contributed by atoms with Crippen LogP contribution in [0.2, 0.25) is 0 Å². The molecule has 0 atom stereocenters. The maximum absolute atomic E-state index is 12.6. The van der Waals surface area contributed by atoms with Gasteiger partial charge in [0, 0.05) is 5.56 Å². The fourth-order valence-electron chi connectivity index (χ4n) is 3.13. The summed E-state index contributed by atoms with van der Waals surface area (Å²) >= 11 is 0. The molecule has 3 aromatic rings. The van der Waals surface area contributed by atoms with Crippen molar-refractivity contribution in [2.75, 3.05) is 12.4 Å². The number of carbonyl (C=O) groups excluding carboxylic acids is 2. The molecule has 0 aliphatic carbocycles. The minimum absolute atomic E-state index is 0.176. The molecule has 0 fully saturated rings.